The fraction of sp³-hybridized carbons (Fsp3) is 0.750. The Morgan fingerprint density at radius 2 is 1.95 bits per heavy atom. The number of anilines is 1. The van der Waals surface area contributed by atoms with Crippen LogP contribution in [-0.2, 0) is 0 Å². The molecule has 0 radical (unpaired) electrons. The average molecular weight is 277 g/mol. The maximum Gasteiger partial charge on any atom is 0.219 e. The molecule has 2 rings (SSSR count). The summed E-state index contributed by atoms with van der Waals surface area (Å²) in [5.74, 6) is 3.58. The Labute approximate surface area is 122 Å². The van der Waals surface area contributed by atoms with Gasteiger partial charge in [-0.25, -0.2) is 4.98 Å². The molecule has 1 aliphatic rings. The Kier molecular flexibility index (Phi) is 5.21. The molecule has 1 heterocycles. The summed E-state index contributed by atoms with van der Waals surface area (Å²) in [7, 11) is 0. The molecular weight excluding hydrogens is 250 g/mol. The van der Waals surface area contributed by atoms with Crippen molar-refractivity contribution in [2.75, 3.05) is 11.9 Å². The van der Waals surface area contributed by atoms with E-state index >= 15 is 0 Å². The minimum atomic E-state index is 0.308. The fourth-order valence-electron chi connectivity index (χ4n) is 2.55. The molecule has 1 aromatic rings. The number of nitrogens with one attached hydrogen (secondary N) is 1. The van der Waals surface area contributed by atoms with Crippen molar-refractivity contribution in [3.63, 3.8) is 0 Å². The van der Waals surface area contributed by atoms with Crippen LogP contribution in [0.5, 0.6) is 5.88 Å². The van der Waals surface area contributed by atoms with E-state index in [1.165, 1.54) is 12.8 Å². The van der Waals surface area contributed by atoms with Crippen molar-refractivity contribution in [1.82, 2.24) is 9.97 Å². The highest BCUT2D eigenvalue weighted by Crippen LogP contribution is 2.27. The van der Waals surface area contributed by atoms with Crippen LogP contribution in [0.1, 0.15) is 65.1 Å². The Bertz CT molecular complexity index is 426. The normalized spacial score (nSPS) is 22.9. The lowest BCUT2D eigenvalue weighted by atomic mass is 9.89. The van der Waals surface area contributed by atoms with Crippen LogP contribution < -0.4 is 10.1 Å². The van der Waals surface area contributed by atoms with Crippen LogP contribution in [-0.4, -0.2) is 22.6 Å². The van der Waals surface area contributed by atoms with E-state index in [4.69, 9.17) is 4.74 Å². The lowest BCUT2D eigenvalue weighted by Crippen LogP contribution is -2.23. The van der Waals surface area contributed by atoms with Gasteiger partial charge in [0.25, 0.3) is 0 Å². The summed E-state index contributed by atoms with van der Waals surface area (Å²) in [5.41, 5.74) is 0. The van der Waals surface area contributed by atoms with Gasteiger partial charge in [-0.3, -0.25) is 0 Å². The maximum absolute atomic E-state index is 6.09. The molecule has 0 aromatic carbocycles. The van der Waals surface area contributed by atoms with Gasteiger partial charge in [0.05, 0.1) is 0 Å². The van der Waals surface area contributed by atoms with E-state index in [0.29, 0.717) is 12.0 Å². The topological polar surface area (TPSA) is 47.0 Å². The molecule has 0 bridgehead atoms. The van der Waals surface area contributed by atoms with Crippen molar-refractivity contribution < 1.29 is 4.74 Å². The minimum Gasteiger partial charge on any atom is -0.474 e. The average Bonchev–Trinajstić information content (AvgIpc) is 2.41. The number of rotatable bonds is 5. The monoisotopic (exact) mass is 277 g/mol. The van der Waals surface area contributed by atoms with Gasteiger partial charge in [0.15, 0.2) is 0 Å². The van der Waals surface area contributed by atoms with Crippen molar-refractivity contribution in [3.8, 4) is 5.88 Å². The molecule has 1 fully saturated rings. The van der Waals surface area contributed by atoms with E-state index in [9.17, 15) is 0 Å². The second kappa shape index (κ2) is 6.91. The summed E-state index contributed by atoms with van der Waals surface area (Å²) in [4.78, 5) is 9.08. The van der Waals surface area contributed by atoms with Crippen molar-refractivity contribution in [1.29, 1.82) is 0 Å². The highest BCUT2D eigenvalue weighted by Gasteiger charge is 2.20. The van der Waals surface area contributed by atoms with Crippen LogP contribution in [0, 0.1) is 5.92 Å². The molecule has 112 valence electrons. The molecule has 0 saturated heterocycles. The molecule has 0 spiro atoms. The van der Waals surface area contributed by atoms with E-state index in [1.54, 1.807) is 0 Å². The van der Waals surface area contributed by atoms with Crippen LogP contribution in [0.4, 0.5) is 5.82 Å². The molecule has 0 amide bonds. The van der Waals surface area contributed by atoms with Gasteiger partial charge in [-0.15, -0.1) is 0 Å². The van der Waals surface area contributed by atoms with Gasteiger partial charge >= 0.3 is 0 Å². The SMILES string of the molecule is CCNc1cc(OC2CCC(C)CC2)nc(C(C)C)n1. The van der Waals surface area contributed by atoms with E-state index in [2.05, 4.69) is 43.0 Å². The molecule has 20 heavy (non-hydrogen) atoms. The van der Waals surface area contributed by atoms with Crippen molar-refractivity contribution in [2.45, 2.75) is 65.4 Å². The highest BCUT2D eigenvalue weighted by molar-refractivity contribution is 5.38. The standard InChI is InChI=1S/C16H27N3O/c1-5-17-14-10-15(19-16(18-14)11(2)3)20-13-8-6-12(4)7-9-13/h10-13H,5-9H2,1-4H3,(H,17,18,19). The summed E-state index contributed by atoms with van der Waals surface area (Å²) in [5, 5.41) is 3.26. The quantitative estimate of drug-likeness (QED) is 0.884. The van der Waals surface area contributed by atoms with Gasteiger partial charge in [0.1, 0.15) is 17.7 Å². The number of hydrogen-bond acceptors (Lipinski definition) is 4. The third-order valence-electron chi connectivity index (χ3n) is 3.84. The Morgan fingerprint density at radius 3 is 2.55 bits per heavy atom. The van der Waals surface area contributed by atoms with E-state index in [0.717, 1.165) is 42.8 Å². The summed E-state index contributed by atoms with van der Waals surface area (Å²) < 4.78 is 6.09. The zero-order valence-electron chi connectivity index (χ0n) is 13.1. The van der Waals surface area contributed by atoms with Gasteiger partial charge in [-0.1, -0.05) is 20.8 Å². The van der Waals surface area contributed by atoms with Crippen molar-refractivity contribution >= 4 is 5.82 Å². The summed E-state index contributed by atoms with van der Waals surface area (Å²) >= 11 is 0. The second-order valence-electron chi connectivity index (χ2n) is 6.13. The Hall–Kier alpha value is -1.32. The van der Waals surface area contributed by atoms with Gasteiger partial charge in [-0.05, 0) is 38.5 Å². The van der Waals surface area contributed by atoms with Crippen LogP contribution in [0.25, 0.3) is 0 Å². The van der Waals surface area contributed by atoms with Gasteiger partial charge in [0.2, 0.25) is 5.88 Å². The van der Waals surface area contributed by atoms with Gasteiger partial charge in [0, 0.05) is 18.5 Å². The summed E-state index contributed by atoms with van der Waals surface area (Å²) in [6.45, 7) is 9.46. The van der Waals surface area contributed by atoms with Crippen LogP contribution in [0.15, 0.2) is 6.07 Å². The van der Waals surface area contributed by atoms with Crippen LogP contribution >= 0.6 is 0 Å². The predicted molar refractivity (Wildman–Crippen MR) is 82.3 cm³/mol. The molecule has 1 N–H and O–H groups in total. The Morgan fingerprint density at radius 1 is 1.25 bits per heavy atom. The largest absolute Gasteiger partial charge is 0.474 e. The smallest absolute Gasteiger partial charge is 0.219 e. The molecule has 1 aromatic heterocycles. The maximum atomic E-state index is 6.09. The number of hydrogen-bond donors (Lipinski definition) is 1. The first-order valence-corrected chi connectivity index (χ1v) is 7.88. The third kappa shape index (κ3) is 4.09. The molecule has 1 aliphatic carbocycles. The van der Waals surface area contributed by atoms with Crippen LogP contribution in [0.2, 0.25) is 0 Å². The molecule has 4 heteroatoms. The Balaban J connectivity index is 2.09. The predicted octanol–water partition coefficient (Wildman–Crippen LogP) is 3.99. The molecule has 0 atom stereocenters. The summed E-state index contributed by atoms with van der Waals surface area (Å²) in [6, 6.07) is 1.92. The first-order valence-electron chi connectivity index (χ1n) is 7.88. The van der Waals surface area contributed by atoms with Crippen molar-refractivity contribution in [2.24, 2.45) is 5.92 Å². The number of aromatic nitrogens is 2. The van der Waals surface area contributed by atoms with Crippen molar-refractivity contribution in [3.05, 3.63) is 11.9 Å². The van der Waals surface area contributed by atoms with Gasteiger partial charge < -0.3 is 10.1 Å². The van der Waals surface area contributed by atoms with E-state index < -0.39 is 0 Å². The fourth-order valence-corrected chi connectivity index (χ4v) is 2.55. The highest BCUT2D eigenvalue weighted by atomic mass is 16.5. The molecular formula is C16H27N3O. The van der Waals surface area contributed by atoms with Crippen LogP contribution in [0.3, 0.4) is 0 Å². The number of ether oxygens (including phenoxy) is 1. The number of nitrogens with zero attached hydrogens (tertiary/aromatic N) is 2. The third-order valence-corrected chi connectivity index (χ3v) is 3.84. The lowest BCUT2D eigenvalue weighted by Gasteiger charge is -2.26. The van der Waals surface area contributed by atoms with E-state index in [-0.39, 0.29) is 0 Å². The summed E-state index contributed by atoms with van der Waals surface area (Å²) in [6.07, 6.45) is 5.10. The molecule has 0 unspecified atom stereocenters. The first kappa shape index (κ1) is 15.1. The second-order valence-corrected chi connectivity index (χ2v) is 6.13. The first-order chi connectivity index (χ1) is 9.58. The van der Waals surface area contributed by atoms with E-state index in [1.807, 2.05) is 6.07 Å². The molecule has 1 saturated carbocycles. The molecule has 0 aliphatic heterocycles. The minimum absolute atomic E-state index is 0.308. The zero-order chi connectivity index (χ0) is 14.5. The lowest BCUT2D eigenvalue weighted by molar-refractivity contribution is 0.129. The zero-order valence-corrected chi connectivity index (χ0v) is 13.1. The van der Waals surface area contributed by atoms with Gasteiger partial charge in [-0.2, -0.15) is 4.98 Å². The molecule has 4 nitrogen and oxygen atoms in total.